The Bertz CT molecular complexity index is 725. The van der Waals surface area contributed by atoms with Crippen LogP contribution in [0.25, 0.3) is 11.5 Å². The van der Waals surface area contributed by atoms with E-state index in [0.29, 0.717) is 24.0 Å². The summed E-state index contributed by atoms with van der Waals surface area (Å²) in [4.78, 5) is 7.50. The van der Waals surface area contributed by atoms with E-state index < -0.39 is 0 Å². The van der Waals surface area contributed by atoms with Crippen molar-refractivity contribution in [2.24, 2.45) is 0 Å². The molecule has 0 N–H and O–H groups in total. The third-order valence-electron chi connectivity index (χ3n) is 6.04. The lowest BCUT2D eigenvalue weighted by Gasteiger charge is -2.43. The van der Waals surface area contributed by atoms with Crippen molar-refractivity contribution >= 4 is 6.01 Å². The quantitative estimate of drug-likeness (QED) is 0.826. The molecule has 27 heavy (non-hydrogen) atoms. The maximum absolute atomic E-state index is 5.95. The van der Waals surface area contributed by atoms with Crippen LogP contribution >= 0.6 is 0 Å². The molecule has 0 bridgehead atoms. The second kappa shape index (κ2) is 7.98. The molecule has 6 nitrogen and oxygen atoms in total. The summed E-state index contributed by atoms with van der Waals surface area (Å²) in [5, 5.41) is 8.55. The van der Waals surface area contributed by atoms with Crippen molar-refractivity contribution < 1.29 is 4.42 Å². The van der Waals surface area contributed by atoms with Crippen molar-refractivity contribution in [3.8, 4) is 11.5 Å². The Morgan fingerprint density at radius 1 is 0.926 bits per heavy atom. The molecule has 1 aromatic carbocycles. The number of aromatic nitrogens is 2. The second-order valence-electron chi connectivity index (χ2n) is 8.14. The van der Waals surface area contributed by atoms with Gasteiger partial charge in [0.1, 0.15) is 0 Å². The average Bonchev–Trinajstić information content (AvgIpc) is 3.19. The van der Waals surface area contributed by atoms with Gasteiger partial charge in [0.15, 0.2) is 0 Å². The van der Waals surface area contributed by atoms with Crippen LogP contribution in [-0.2, 0) is 0 Å². The number of piperazine rings is 1. The molecule has 0 unspecified atom stereocenters. The first kappa shape index (κ1) is 18.4. The molecule has 0 aliphatic carbocycles. The SMILES string of the molecule is Cc1ccc(-c2nnc(N3CCC(N4CCN(C(C)C)CC4)CC3)o2)cc1. The summed E-state index contributed by atoms with van der Waals surface area (Å²) in [6.07, 6.45) is 2.34. The summed E-state index contributed by atoms with van der Waals surface area (Å²) in [7, 11) is 0. The minimum atomic E-state index is 0.608. The molecule has 0 amide bonds. The Hall–Kier alpha value is -1.92. The van der Waals surface area contributed by atoms with Crippen molar-refractivity contribution in [2.45, 2.75) is 45.7 Å². The summed E-state index contributed by atoms with van der Waals surface area (Å²) < 4.78 is 5.95. The average molecular weight is 370 g/mol. The lowest BCUT2D eigenvalue weighted by Crippen LogP contribution is -2.54. The molecule has 6 heteroatoms. The third-order valence-corrected chi connectivity index (χ3v) is 6.04. The predicted octanol–water partition coefficient (Wildman–Crippen LogP) is 3.04. The first-order valence-corrected chi connectivity index (χ1v) is 10.2. The van der Waals surface area contributed by atoms with Gasteiger partial charge in [0.2, 0.25) is 5.89 Å². The minimum absolute atomic E-state index is 0.608. The molecule has 0 radical (unpaired) electrons. The van der Waals surface area contributed by atoms with E-state index in [1.807, 2.05) is 12.1 Å². The molecule has 2 aliphatic rings. The molecular formula is C21H31N5O. The van der Waals surface area contributed by atoms with E-state index >= 15 is 0 Å². The summed E-state index contributed by atoms with van der Waals surface area (Å²) in [5.74, 6) is 0.608. The van der Waals surface area contributed by atoms with Crippen molar-refractivity contribution in [3.63, 3.8) is 0 Å². The van der Waals surface area contributed by atoms with Gasteiger partial charge < -0.3 is 9.32 Å². The number of nitrogens with zero attached hydrogens (tertiary/aromatic N) is 5. The third kappa shape index (κ3) is 4.17. The lowest BCUT2D eigenvalue weighted by molar-refractivity contribution is 0.0689. The first-order chi connectivity index (χ1) is 13.1. The van der Waals surface area contributed by atoms with Crippen molar-refractivity contribution in [1.29, 1.82) is 0 Å². The summed E-state index contributed by atoms with van der Waals surface area (Å²) in [6, 6.07) is 10.2. The van der Waals surface area contributed by atoms with Gasteiger partial charge in [-0.3, -0.25) is 9.80 Å². The van der Waals surface area contributed by atoms with Gasteiger partial charge in [-0.15, -0.1) is 5.10 Å². The van der Waals surface area contributed by atoms with Crippen LogP contribution in [0.5, 0.6) is 0 Å². The molecular weight excluding hydrogens is 338 g/mol. The van der Waals surface area contributed by atoms with E-state index in [1.54, 1.807) is 0 Å². The van der Waals surface area contributed by atoms with Gasteiger partial charge in [0.05, 0.1) is 0 Å². The van der Waals surface area contributed by atoms with E-state index in [9.17, 15) is 0 Å². The summed E-state index contributed by atoms with van der Waals surface area (Å²) in [5.41, 5.74) is 2.21. The number of aryl methyl sites for hydroxylation is 1. The molecule has 4 rings (SSSR count). The fraction of sp³-hybridized carbons (Fsp3) is 0.619. The van der Waals surface area contributed by atoms with Crippen LogP contribution < -0.4 is 4.90 Å². The number of hydrogen-bond donors (Lipinski definition) is 0. The van der Waals surface area contributed by atoms with Crippen LogP contribution in [0.1, 0.15) is 32.3 Å². The highest BCUT2D eigenvalue weighted by Crippen LogP contribution is 2.26. The molecule has 2 saturated heterocycles. The summed E-state index contributed by atoms with van der Waals surface area (Å²) in [6.45, 7) is 13.4. The fourth-order valence-electron chi connectivity index (χ4n) is 4.20. The van der Waals surface area contributed by atoms with Crippen LogP contribution in [0.4, 0.5) is 6.01 Å². The number of piperidine rings is 1. The Balaban J connectivity index is 1.31. The zero-order valence-corrected chi connectivity index (χ0v) is 16.8. The smallest absolute Gasteiger partial charge is 0.318 e. The molecule has 2 fully saturated rings. The largest absolute Gasteiger partial charge is 0.403 e. The Morgan fingerprint density at radius 3 is 2.22 bits per heavy atom. The zero-order valence-electron chi connectivity index (χ0n) is 16.8. The van der Waals surface area contributed by atoms with Crippen molar-refractivity contribution in [1.82, 2.24) is 20.0 Å². The zero-order chi connectivity index (χ0) is 18.8. The Morgan fingerprint density at radius 2 is 1.59 bits per heavy atom. The molecule has 146 valence electrons. The van der Waals surface area contributed by atoms with E-state index in [0.717, 1.165) is 18.7 Å². The number of anilines is 1. The molecule has 2 aliphatic heterocycles. The fourth-order valence-corrected chi connectivity index (χ4v) is 4.20. The van der Waals surface area contributed by atoms with Crippen molar-refractivity contribution in [2.75, 3.05) is 44.2 Å². The van der Waals surface area contributed by atoms with Gasteiger partial charge in [-0.2, -0.15) is 0 Å². The van der Waals surface area contributed by atoms with E-state index in [-0.39, 0.29) is 0 Å². The highest BCUT2D eigenvalue weighted by Gasteiger charge is 2.29. The minimum Gasteiger partial charge on any atom is -0.403 e. The lowest BCUT2D eigenvalue weighted by atomic mass is 10.0. The molecule has 0 atom stereocenters. The van der Waals surface area contributed by atoms with Crippen LogP contribution in [0, 0.1) is 6.92 Å². The topological polar surface area (TPSA) is 48.6 Å². The maximum Gasteiger partial charge on any atom is 0.318 e. The van der Waals surface area contributed by atoms with E-state index in [4.69, 9.17) is 4.42 Å². The molecule has 3 heterocycles. The summed E-state index contributed by atoms with van der Waals surface area (Å²) >= 11 is 0. The molecule has 1 aromatic heterocycles. The van der Waals surface area contributed by atoms with Crippen LogP contribution in [0.3, 0.4) is 0 Å². The Kier molecular flexibility index (Phi) is 5.45. The molecule has 0 saturated carbocycles. The number of benzene rings is 1. The van der Waals surface area contributed by atoms with Crippen LogP contribution in [0.15, 0.2) is 28.7 Å². The van der Waals surface area contributed by atoms with Gasteiger partial charge in [0, 0.05) is 56.9 Å². The van der Waals surface area contributed by atoms with Gasteiger partial charge in [0.25, 0.3) is 0 Å². The van der Waals surface area contributed by atoms with Crippen LogP contribution in [0.2, 0.25) is 0 Å². The van der Waals surface area contributed by atoms with Gasteiger partial charge in [-0.1, -0.05) is 22.8 Å². The van der Waals surface area contributed by atoms with Crippen LogP contribution in [-0.4, -0.2) is 71.3 Å². The standard InChI is InChI=1S/C21H31N5O/c1-16(2)24-12-14-25(15-13-24)19-8-10-26(11-9-19)21-23-22-20(27-21)18-6-4-17(3)5-7-18/h4-7,16,19H,8-15H2,1-3H3. The maximum atomic E-state index is 5.95. The predicted molar refractivity (Wildman–Crippen MR) is 108 cm³/mol. The normalized spacial score (nSPS) is 20.5. The highest BCUT2D eigenvalue weighted by molar-refractivity contribution is 5.54. The monoisotopic (exact) mass is 369 g/mol. The number of hydrogen-bond acceptors (Lipinski definition) is 6. The Labute approximate surface area is 162 Å². The van der Waals surface area contributed by atoms with Gasteiger partial charge in [-0.25, -0.2) is 0 Å². The second-order valence-corrected chi connectivity index (χ2v) is 8.14. The molecule has 2 aromatic rings. The molecule has 0 spiro atoms. The van der Waals surface area contributed by atoms with E-state index in [1.165, 1.54) is 44.6 Å². The number of rotatable bonds is 4. The van der Waals surface area contributed by atoms with Crippen molar-refractivity contribution in [3.05, 3.63) is 29.8 Å². The van der Waals surface area contributed by atoms with E-state index in [2.05, 4.69) is 57.8 Å². The van der Waals surface area contributed by atoms with Gasteiger partial charge in [-0.05, 0) is 45.7 Å². The highest BCUT2D eigenvalue weighted by atomic mass is 16.4. The first-order valence-electron chi connectivity index (χ1n) is 10.2. The van der Waals surface area contributed by atoms with Gasteiger partial charge >= 0.3 is 6.01 Å².